The number of hydrogen-bond acceptors (Lipinski definition) is 2. The van der Waals surface area contributed by atoms with Crippen molar-refractivity contribution in [3.8, 4) is 6.07 Å². The maximum Gasteiger partial charge on any atom is 0.0954 e. The van der Waals surface area contributed by atoms with E-state index < -0.39 is 0 Å². The van der Waals surface area contributed by atoms with Gasteiger partial charge in [0.05, 0.1) is 12.1 Å². The van der Waals surface area contributed by atoms with Gasteiger partial charge in [0.1, 0.15) is 0 Å². The highest BCUT2D eigenvalue weighted by atomic mass is 14.9. The molecular weight excluding hydrogens is 184 g/mol. The summed E-state index contributed by atoms with van der Waals surface area (Å²) in [5, 5.41) is 12.1. The fourth-order valence-electron chi connectivity index (χ4n) is 1.50. The summed E-state index contributed by atoms with van der Waals surface area (Å²) >= 11 is 0. The van der Waals surface area contributed by atoms with Crippen LogP contribution in [0.2, 0.25) is 0 Å². The van der Waals surface area contributed by atoms with Crippen LogP contribution >= 0.6 is 0 Å². The van der Waals surface area contributed by atoms with Gasteiger partial charge in [-0.3, -0.25) is 5.32 Å². The first kappa shape index (κ1) is 11.7. The maximum atomic E-state index is 8.85. The Morgan fingerprint density at radius 2 is 1.93 bits per heavy atom. The van der Waals surface area contributed by atoms with Crippen LogP contribution in [0.15, 0.2) is 24.3 Å². The van der Waals surface area contributed by atoms with Crippen LogP contribution in [-0.4, -0.2) is 6.04 Å². The molecule has 0 saturated carbocycles. The van der Waals surface area contributed by atoms with Gasteiger partial charge >= 0.3 is 0 Å². The summed E-state index contributed by atoms with van der Waals surface area (Å²) in [4.78, 5) is 0. The van der Waals surface area contributed by atoms with Crippen LogP contribution in [0.3, 0.4) is 0 Å². The smallest absolute Gasteiger partial charge is 0.0954 e. The third-order valence-corrected chi connectivity index (χ3v) is 2.59. The second kappa shape index (κ2) is 5.53. The van der Waals surface area contributed by atoms with E-state index >= 15 is 0 Å². The van der Waals surface area contributed by atoms with E-state index in [2.05, 4.69) is 49.5 Å². The highest BCUT2D eigenvalue weighted by molar-refractivity contribution is 5.23. The summed E-state index contributed by atoms with van der Waals surface area (Å²) in [6, 6.07) is 10.8. The van der Waals surface area contributed by atoms with Gasteiger partial charge in [0.2, 0.25) is 0 Å². The molecule has 2 atom stereocenters. The first-order valence-electron chi connectivity index (χ1n) is 5.39. The van der Waals surface area contributed by atoms with Gasteiger partial charge in [-0.25, -0.2) is 0 Å². The summed E-state index contributed by atoms with van der Waals surface area (Å²) < 4.78 is 0. The van der Waals surface area contributed by atoms with Crippen LogP contribution < -0.4 is 5.32 Å². The van der Waals surface area contributed by atoms with E-state index in [-0.39, 0.29) is 12.1 Å². The normalized spacial score (nSPS) is 14.3. The minimum atomic E-state index is -0.0543. The third kappa shape index (κ3) is 3.38. The van der Waals surface area contributed by atoms with Crippen LogP contribution in [0.1, 0.15) is 37.4 Å². The minimum absolute atomic E-state index is 0.0543. The molecule has 0 amide bonds. The van der Waals surface area contributed by atoms with Crippen molar-refractivity contribution in [2.45, 2.75) is 39.3 Å². The van der Waals surface area contributed by atoms with Gasteiger partial charge in [0, 0.05) is 6.04 Å². The monoisotopic (exact) mass is 202 g/mol. The van der Waals surface area contributed by atoms with Crippen LogP contribution in [0, 0.1) is 18.3 Å². The van der Waals surface area contributed by atoms with E-state index in [1.165, 1.54) is 11.1 Å². The molecule has 0 aromatic heterocycles. The zero-order valence-corrected chi connectivity index (χ0v) is 9.62. The quantitative estimate of drug-likeness (QED) is 0.814. The molecule has 0 saturated heterocycles. The Balaban J connectivity index is 2.65. The lowest BCUT2D eigenvalue weighted by molar-refractivity contribution is 0.508. The molecule has 1 N–H and O–H groups in total. The van der Waals surface area contributed by atoms with Crippen molar-refractivity contribution in [3.63, 3.8) is 0 Å². The predicted octanol–water partition coefficient (Wildman–Crippen LogP) is 2.95. The zero-order chi connectivity index (χ0) is 11.3. The average molecular weight is 202 g/mol. The van der Waals surface area contributed by atoms with Crippen molar-refractivity contribution >= 4 is 0 Å². The number of nitrogens with one attached hydrogen (secondary N) is 1. The van der Waals surface area contributed by atoms with Gasteiger partial charge in [-0.05, 0) is 25.8 Å². The van der Waals surface area contributed by atoms with Crippen LogP contribution in [0.5, 0.6) is 0 Å². The maximum absolute atomic E-state index is 8.85. The molecule has 0 fully saturated rings. The molecular formula is C13H18N2. The Morgan fingerprint density at radius 1 is 1.33 bits per heavy atom. The van der Waals surface area contributed by atoms with E-state index in [0.29, 0.717) is 0 Å². The molecule has 1 aromatic rings. The van der Waals surface area contributed by atoms with Crippen LogP contribution in [0.4, 0.5) is 0 Å². The fourth-order valence-corrected chi connectivity index (χ4v) is 1.50. The zero-order valence-electron chi connectivity index (χ0n) is 9.62. The Morgan fingerprint density at radius 3 is 2.40 bits per heavy atom. The van der Waals surface area contributed by atoms with Gasteiger partial charge in [0.15, 0.2) is 0 Å². The lowest BCUT2D eigenvalue weighted by Gasteiger charge is -2.17. The molecule has 2 heteroatoms. The summed E-state index contributed by atoms with van der Waals surface area (Å²) in [6.45, 7) is 6.18. The van der Waals surface area contributed by atoms with Crippen LogP contribution in [-0.2, 0) is 0 Å². The van der Waals surface area contributed by atoms with Crippen molar-refractivity contribution in [2.24, 2.45) is 0 Å². The van der Waals surface area contributed by atoms with Gasteiger partial charge < -0.3 is 0 Å². The van der Waals surface area contributed by atoms with E-state index in [9.17, 15) is 0 Å². The largest absolute Gasteiger partial charge is 0.295 e. The van der Waals surface area contributed by atoms with E-state index in [0.717, 1.165) is 6.42 Å². The molecule has 80 valence electrons. The summed E-state index contributed by atoms with van der Waals surface area (Å²) in [5.41, 5.74) is 2.49. The highest BCUT2D eigenvalue weighted by Crippen LogP contribution is 2.14. The molecule has 1 rings (SSSR count). The second-order valence-electron chi connectivity index (χ2n) is 3.89. The molecule has 15 heavy (non-hydrogen) atoms. The third-order valence-electron chi connectivity index (χ3n) is 2.59. The van der Waals surface area contributed by atoms with Crippen molar-refractivity contribution in [2.75, 3.05) is 0 Å². The lowest BCUT2D eigenvalue weighted by Crippen LogP contribution is -2.29. The predicted molar refractivity (Wildman–Crippen MR) is 62.4 cm³/mol. The van der Waals surface area contributed by atoms with E-state index in [1.807, 2.05) is 6.92 Å². The van der Waals surface area contributed by atoms with Crippen molar-refractivity contribution in [1.82, 2.24) is 5.32 Å². The Labute approximate surface area is 91.9 Å². The Hall–Kier alpha value is -1.33. The number of nitriles is 1. The Bertz CT molecular complexity index is 335. The standard InChI is InChI=1S/C13H18N2/c1-4-13(9-14)15-11(3)12-7-5-10(2)6-8-12/h5-8,11,13,15H,4H2,1-3H3/t11-,13?/m1/s1. The lowest BCUT2D eigenvalue weighted by atomic mass is 10.1. The summed E-state index contributed by atoms with van der Waals surface area (Å²) in [5.74, 6) is 0. The Kier molecular flexibility index (Phi) is 4.33. The number of rotatable bonds is 4. The molecule has 1 aromatic carbocycles. The summed E-state index contributed by atoms with van der Waals surface area (Å²) in [6.07, 6.45) is 0.840. The molecule has 1 unspecified atom stereocenters. The second-order valence-corrected chi connectivity index (χ2v) is 3.89. The topological polar surface area (TPSA) is 35.8 Å². The highest BCUT2D eigenvalue weighted by Gasteiger charge is 2.10. The van der Waals surface area contributed by atoms with Crippen molar-refractivity contribution in [1.29, 1.82) is 5.26 Å². The number of aryl methyl sites for hydroxylation is 1. The van der Waals surface area contributed by atoms with Gasteiger partial charge in [-0.15, -0.1) is 0 Å². The molecule has 0 radical (unpaired) electrons. The molecule has 0 bridgehead atoms. The summed E-state index contributed by atoms with van der Waals surface area (Å²) in [7, 11) is 0. The van der Waals surface area contributed by atoms with Gasteiger partial charge in [-0.2, -0.15) is 5.26 Å². The SMILES string of the molecule is CCC(C#N)N[C@H](C)c1ccc(C)cc1. The number of nitrogens with zero attached hydrogens (tertiary/aromatic N) is 1. The molecule has 0 spiro atoms. The average Bonchev–Trinajstić information content (AvgIpc) is 2.26. The molecule has 0 heterocycles. The van der Waals surface area contributed by atoms with Crippen LogP contribution in [0.25, 0.3) is 0 Å². The first-order valence-corrected chi connectivity index (χ1v) is 5.39. The van der Waals surface area contributed by atoms with Crippen molar-refractivity contribution < 1.29 is 0 Å². The fraction of sp³-hybridized carbons (Fsp3) is 0.462. The molecule has 0 aliphatic rings. The molecule has 0 aliphatic heterocycles. The molecule has 2 nitrogen and oxygen atoms in total. The molecule has 0 aliphatic carbocycles. The number of hydrogen-bond donors (Lipinski definition) is 1. The minimum Gasteiger partial charge on any atom is -0.295 e. The first-order chi connectivity index (χ1) is 7.17. The van der Waals surface area contributed by atoms with Gasteiger partial charge in [0.25, 0.3) is 0 Å². The van der Waals surface area contributed by atoms with Gasteiger partial charge in [-0.1, -0.05) is 36.8 Å². The van der Waals surface area contributed by atoms with E-state index in [1.54, 1.807) is 0 Å². The van der Waals surface area contributed by atoms with E-state index in [4.69, 9.17) is 5.26 Å². The van der Waals surface area contributed by atoms with Crippen molar-refractivity contribution in [3.05, 3.63) is 35.4 Å². The number of benzene rings is 1.